The van der Waals surface area contributed by atoms with Gasteiger partial charge < -0.3 is 10.4 Å². The second-order valence-corrected chi connectivity index (χ2v) is 3.51. The second kappa shape index (κ2) is 4.80. The molecule has 8 nitrogen and oxygen atoms in total. The Morgan fingerprint density at radius 1 is 1.56 bits per heavy atom. The average molecular weight is 251 g/mol. The second-order valence-electron chi connectivity index (χ2n) is 3.51. The van der Waals surface area contributed by atoms with Gasteiger partial charge in [-0.3, -0.25) is 19.4 Å². The first kappa shape index (κ1) is 12.0. The lowest BCUT2D eigenvalue weighted by molar-refractivity contribution is -0.125. The molecule has 2 rings (SSSR count). The first-order valence-electron chi connectivity index (χ1n) is 5.00. The van der Waals surface area contributed by atoms with Crippen LogP contribution in [0.2, 0.25) is 0 Å². The van der Waals surface area contributed by atoms with Gasteiger partial charge in [-0.1, -0.05) is 0 Å². The number of nitrogens with one attached hydrogen (secondary N) is 2. The summed E-state index contributed by atoms with van der Waals surface area (Å²) in [6.45, 7) is -0.0141. The van der Waals surface area contributed by atoms with E-state index in [1.807, 2.05) is 0 Å². The molecule has 2 amide bonds. The fourth-order valence-corrected chi connectivity index (χ4v) is 1.44. The van der Waals surface area contributed by atoms with Crippen molar-refractivity contribution in [1.29, 1.82) is 0 Å². The topological polar surface area (TPSA) is 118 Å². The summed E-state index contributed by atoms with van der Waals surface area (Å²) in [5.74, 6) is -2.49. The summed E-state index contributed by atoms with van der Waals surface area (Å²) in [4.78, 5) is 42.2. The van der Waals surface area contributed by atoms with E-state index >= 15 is 0 Å². The Bertz CT molecular complexity index is 516. The Balaban J connectivity index is 2.18. The van der Waals surface area contributed by atoms with Gasteiger partial charge in [0.25, 0.3) is 11.8 Å². The van der Waals surface area contributed by atoms with Crippen LogP contribution in [0.25, 0.3) is 0 Å². The van der Waals surface area contributed by atoms with Gasteiger partial charge in [-0.25, -0.2) is 10.3 Å². The molecule has 1 aromatic heterocycles. The number of carbonyl (C=O) groups excluding carboxylic acids is 2. The van der Waals surface area contributed by atoms with Gasteiger partial charge in [0.05, 0.1) is 5.56 Å². The van der Waals surface area contributed by atoms with Crippen molar-refractivity contribution in [2.24, 2.45) is 0 Å². The predicted molar refractivity (Wildman–Crippen MR) is 56.5 cm³/mol. The van der Waals surface area contributed by atoms with Crippen molar-refractivity contribution in [2.45, 2.75) is 6.04 Å². The molecule has 0 aromatic carbocycles. The highest BCUT2D eigenvalue weighted by molar-refractivity contribution is 6.04. The molecule has 0 unspecified atom stereocenters. The summed E-state index contributed by atoms with van der Waals surface area (Å²) >= 11 is 0. The van der Waals surface area contributed by atoms with Gasteiger partial charge >= 0.3 is 5.97 Å². The Morgan fingerprint density at radius 2 is 2.33 bits per heavy atom. The smallest absolute Gasteiger partial charge is 0.338 e. The van der Waals surface area contributed by atoms with E-state index < -0.39 is 23.8 Å². The number of amides is 2. The van der Waals surface area contributed by atoms with Crippen LogP contribution in [0.5, 0.6) is 0 Å². The van der Waals surface area contributed by atoms with Crippen LogP contribution in [0.15, 0.2) is 18.3 Å². The summed E-state index contributed by atoms with van der Waals surface area (Å²) in [7, 11) is 0. The number of nitrogens with zero attached hydrogens (tertiary/aromatic N) is 1. The summed E-state index contributed by atoms with van der Waals surface area (Å²) in [5, 5.41) is 11.2. The van der Waals surface area contributed by atoms with Crippen LogP contribution in [-0.2, 0) is 9.63 Å². The first-order valence-corrected chi connectivity index (χ1v) is 5.00. The number of aromatic nitrogens is 1. The maximum atomic E-state index is 11.8. The lowest BCUT2D eigenvalue weighted by Gasteiger charge is -2.09. The highest BCUT2D eigenvalue weighted by atomic mass is 16.7. The maximum absolute atomic E-state index is 11.8. The van der Waals surface area contributed by atoms with Crippen LogP contribution in [0.4, 0.5) is 0 Å². The average Bonchev–Trinajstić information content (AvgIpc) is 2.75. The molecule has 0 spiro atoms. The van der Waals surface area contributed by atoms with E-state index in [2.05, 4.69) is 20.6 Å². The van der Waals surface area contributed by atoms with E-state index in [1.165, 1.54) is 18.3 Å². The minimum Gasteiger partial charge on any atom is -0.478 e. The zero-order valence-corrected chi connectivity index (χ0v) is 9.04. The van der Waals surface area contributed by atoms with Crippen molar-refractivity contribution in [3.63, 3.8) is 0 Å². The SMILES string of the molecule is O=C(O)c1cccnc1C(=O)N[C@@H]1CONC1=O. The first-order chi connectivity index (χ1) is 8.59. The Labute approximate surface area is 101 Å². The molecule has 1 aliphatic rings. The Hall–Kier alpha value is -2.48. The number of rotatable bonds is 3. The molecule has 3 N–H and O–H groups in total. The zero-order chi connectivity index (χ0) is 13.1. The number of hydrogen-bond donors (Lipinski definition) is 3. The van der Waals surface area contributed by atoms with Gasteiger partial charge in [0.15, 0.2) is 0 Å². The van der Waals surface area contributed by atoms with Gasteiger partial charge in [-0.15, -0.1) is 0 Å². The van der Waals surface area contributed by atoms with Crippen LogP contribution in [-0.4, -0.2) is 40.5 Å². The number of carboxylic acid groups (broad SMARTS) is 1. The molecule has 0 saturated carbocycles. The lowest BCUT2D eigenvalue weighted by atomic mass is 10.1. The van der Waals surface area contributed by atoms with Crippen molar-refractivity contribution < 1.29 is 24.3 Å². The van der Waals surface area contributed by atoms with Crippen LogP contribution in [0.1, 0.15) is 20.8 Å². The van der Waals surface area contributed by atoms with Crippen LogP contribution < -0.4 is 10.8 Å². The summed E-state index contributed by atoms with van der Waals surface area (Å²) in [6, 6.07) is 1.82. The van der Waals surface area contributed by atoms with Gasteiger partial charge in [-0.2, -0.15) is 0 Å². The molecular weight excluding hydrogens is 242 g/mol. The van der Waals surface area contributed by atoms with Gasteiger partial charge in [0.1, 0.15) is 18.3 Å². The summed E-state index contributed by atoms with van der Waals surface area (Å²) < 4.78 is 0. The van der Waals surface area contributed by atoms with E-state index in [0.717, 1.165) is 0 Å². The van der Waals surface area contributed by atoms with Crippen LogP contribution in [0.3, 0.4) is 0 Å². The van der Waals surface area contributed by atoms with Crippen molar-refractivity contribution in [3.05, 3.63) is 29.6 Å². The number of hydrogen-bond acceptors (Lipinski definition) is 5. The van der Waals surface area contributed by atoms with Crippen molar-refractivity contribution in [1.82, 2.24) is 15.8 Å². The van der Waals surface area contributed by atoms with Crippen molar-refractivity contribution in [3.8, 4) is 0 Å². The molecule has 94 valence electrons. The third kappa shape index (κ3) is 2.28. The van der Waals surface area contributed by atoms with Gasteiger partial charge in [0, 0.05) is 6.20 Å². The van der Waals surface area contributed by atoms with Gasteiger partial charge in [0.2, 0.25) is 0 Å². The molecule has 8 heteroatoms. The fraction of sp³-hybridized carbons (Fsp3) is 0.200. The molecule has 18 heavy (non-hydrogen) atoms. The molecular formula is C10H9N3O5. The molecule has 1 fully saturated rings. The Kier molecular flexibility index (Phi) is 3.20. The molecule has 1 saturated heterocycles. The number of carbonyl (C=O) groups is 3. The molecule has 1 aliphatic heterocycles. The molecule has 2 heterocycles. The van der Waals surface area contributed by atoms with E-state index in [0.29, 0.717) is 0 Å². The third-order valence-electron chi connectivity index (χ3n) is 2.30. The number of pyridine rings is 1. The zero-order valence-electron chi connectivity index (χ0n) is 9.04. The van der Waals surface area contributed by atoms with Crippen molar-refractivity contribution in [2.75, 3.05) is 6.61 Å². The molecule has 0 radical (unpaired) electrons. The summed E-state index contributed by atoms with van der Waals surface area (Å²) in [6.07, 6.45) is 1.30. The highest BCUT2D eigenvalue weighted by Gasteiger charge is 2.29. The number of carboxylic acids is 1. The predicted octanol–water partition coefficient (Wildman–Crippen LogP) is -1.06. The number of aromatic carboxylic acids is 1. The largest absolute Gasteiger partial charge is 0.478 e. The standard InChI is InChI=1S/C10H9N3O5/c14-8-6(4-18-13-8)12-9(15)7-5(10(16)17)2-1-3-11-7/h1-3,6H,4H2,(H,12,15)(H,13,14)(H,16,17)/t6-/m1/s1. The number of hydroxylamine groups is 1. The Morgan fingerprint density at radius 3 is 2.94 bits per heavy atom. The van der Waals surface area contributed by atoms with E-state index in [-0.39, 0.29) is 17.9 Å². The highest BCUT2D eigenvalue weighted by Crippen LogP contribution is 2.06. The van der Waals surface area contributed by atoms with E-state index in [4.69, 9.17) is 5.11 Å². The monoisotopic (exact) mass is 251 g/mol. The van der Waals surface area contributed by atoms with E-state index in [1.54, 1.807) is 0 Å². The normalized spacial score (nSPS) is 18.2. The third-order valence-corrected chi connectivity index (χ3v) is 2.30. The molecule has 1 atom stereocenters. The van der Waals surface area contributed by atoms with Crippen molar-refractivity contribution >= 4 is 17.8 Å². The minimum absolute atomic E-state index is 0.0141. The molecule has 1 aromatic rings. The minimum atomic E-state index is -1.26. The van der Waals surface area contributed by atoms with E-state index in [9.17, 15) is 14.4 Å². The fourth-order valence-electron chi connectivity index (χ4n) is 1.44. The van der Waals surface area contributed by atoms with Gasteiger partial charge in [-0.05, 0) is 12.1 Å². The lowest BCUT2D eigenvalue weighted by Crippen LogP contribution is -2.42. The van der Waals surface area contributed by atoms with Crippen LogP contribution >= 0.6 is 0 Å². The quantitative estimate of drug-likeness (QED) is 0.630. The molecule has 0 bridgehead atoms. The maximum Gasteiger partial charge on any atom is 0.338 e. The van der Waals surface area contributed by atoms with Crippen LogP contribution in [0, 0.1) is 0 Å². The summed E-state index contributed by atoms with van der Waals surface area (Å²) in [5.41, 5.74) is 1.60. The molecule has 0 aliphatic carbocycles.